The van der Waals surface area contributed by atoms with Gasteiger partial charge in [0.15, 0.2) is 0 Å². The summed E-state index contributed by atoms with van der Waals surface area (Å²) < 4.78 is 7.17. The molecule has 1 heterocycles. The van der Waals surface area contributed by atoms with Gasteiger partial charge >= 0.3 is 12.0 Å². The Hall–Kier alpha value is -4.85. The first-order chi connectivity index (χ1) is 19.2. The lowest BCUT2D eigenvalue weighted by atomic mass is 10.0. The lowest BCUT2D eigenvalue weighted by Crippen LogP contribution is -2.22. The second kappa shape index (κ2) is 12.8. The normalized spacial score (nSPS) is 10.8. The van der Waals surface area contributed by atoms with E-state index >= 15 is 0 Å². The number of para-hydroxylation sites is 1. The minimum absolute atomic E-state index is 0.0788. The van der Waals surface area contributed by atoms with Crippen LogP contribution in [0, 0.1) is 0 Å². The summed E-state index contributed by atoms with van der Waals surface area (Å²) in [5.74, 6) is -0.150. The van der Waals surface area contributed by atoms with Gasteiger partial charge in [0.2, 0.25) is 0 Å². The molecule has 4 aromatic rings. The maximum Gasteiger partial charge on any atom is 0.323 e. The van der Waals surface area contributed by atoms with Crippen molar-refractivity contribution in [2.45, 2.75) is 39.2 Å². The predicted octanol–water partition coefficient (Wildman–Crippen LogP) is 6.36. The number of carbonyl (C=O) groups is 2. The van der Waals surface area contributed by atoms with Gasteiger partial charge in [-0.2, -0.15) is 0 Å². The van der Waals surface area contributed by atoms with E-state index in [4.69, 9.17) is 9.84 Å². The third-order valence-corrected chi connectivity index (χ3v) is 6.62. The van der Waals surface area contributed by atoms with Crippen molar-refractivity contribution in [2.24, 2.45) is 0 Å². The number of hydrogen-bond acceptors (Lipinski definition) is 4. The van der Waals surface area contributed by atoms with E-state index in [2.05, 4.69) is 24.5 Å². The van der Waals surface area contributed by atoms with E-state index in [1.54, 1.807) is 35.0 Å². The number of carboxylic acids is 1. The molecule has 0 saturated carbocycles. The molecule has 8 nitrogen and oxygen atoms in total. The van der Waals surface area contributed by atoms with Gasteiger partial charge in [-0.1, -0.05) is 62.4 Å². The molecule has 0 unspecified atom stereocenters. The number of hydrogen-bond donors (Lipinski definition) is 3. The van der Waals surface area contributed by atoms with Crippen molar-refractivity contribution in [3.63, 3.8) is 0 Å². The molecule has 40 heavy (non-hydrogen) atoms. The van der Waals surface area contributed by atoms with Gasteiger partial charge in [0.25, 0.3) is 5.56 Å². The van der Waals surface area contributed by atoms with Gasteiger partial charge in [0.1, 0.15) is 5.75 Å². The first kappa shape index (κ1) is 28.2. The standard InChI is InChI=1S/C32H33N3O5/c1-21(2)25-7-4-5-9-27(25)33-32(39)34-28-16-15-24(19-29(28)40-3)26-8-6-18-35(31(26)38)20-23-12-10-22(11-13-23)14-17-30(36)37/h4-13,15-16,18-19,21H,14,17,20H2,1-3H3,(H,36,37)(H2,33,34,39). The van der Waals surface area contributed by atoms with Crippen LogP contribution in [0.4, 0.5) is 16.2 Å². The number of aryl methyl sites for hydroxylation is 1. The second-order valence-corrected chi connectivity index (χ2v) is 9.80. The van der Waals surface area contributed by atoms with Crippen molar-refractivity contribution in [3.8, 4) is 16.9 Å². The number of benzene rings is 3. The number of rotatable bonds is 10. The number of methoxy groups -OCH3 is 1. The third-order valence-electron chi connectivity index (χ3n) is 6.62. The lowest BCUT2D eigenvalue weighted by molar-refractivity contribution is -0.136. The summed E-state index contributed by atoms with van der Waals surface area (Å²) in [4.78, 5) is 36.9. The molecule has 0 aliphatic carbocycles. The summed E-state index contributed by atoms with van der Waals surface area (Å²) in [6.07, 6.45) is 2.27. The van der Waals surface area contributed by atoms with E-state index in [1.807, 2.05) is 54.6 Å². The number of carboxylic acid groups (broad SMARTS) is 1. The quantitative estimate of drug-likeness (QED) is 0.217. The first-order valence-corrected chi connectivity index (χ1v) is 13.1. The highest BCUT2D eigenvalue weighted by Crippen LogP contribution is 2.30. The molecule has 4 rings (SSSR count). The van der Waals surface area contributed by atoms with Crippen molar-refractivity contribution >= 4 is 23.4 Å². The zero-order valence-corrected chi connectivity index (χ0v) is 22.8. The highest BCUT2D eigenvalue weighted by Gasteiger charge is 2.14. The Kier molecular flexibility index (Phi) is 9.01. The van der Waals surface area contributed by atoms with Crippen molar-refractivity contribution in [1.82, 2.24) is 4.57 Å². The topological polar surface area (TPSA) is 110 Å². The van der Waals surface area contributed by atoms with E-state index in [1.165, 1.54) is 7.11 Å². The molecule has 0 radical (unpaired) electrons. The van der Waals surface area contributed by atoms with Crippen molar-refractivity contribution < 1.29 is 19.4 Å². The zero-order chi connectivity index (χ0) is 28.6. The van der Waals surface area contributed by atoms with E-state index in [0.717, 1.165) is 22.4 Å². The molecule has 0 bridgehead atoms. The molecule has 0 aliphatic heterocycles. The van der Waals surface area contributed by atoms with Crippen LogP contribution < -0.4 is 20.9 Å². The number of aliphatic carboxylic acids is 1. The van der Waals surface area contributed by atoms with Gasteiger partial charge in [-0.3, -0.25) is 9.59 Å². The number of nitrogens with one attached hydrogen (secondary N) is 2. The minimum Gasteiger partial charge on any atom is -0.495 e. The van der Waals surface area contributed by atoms with Crippen LogP contribution in [0.15, 0.2) is 89.9 Å². The average Bonchev–Trinajstić information content (AvgIpc) is 2.94. The van der Waals surface area contributed by atoms with E-state index < -0.39 is 12.0 Å². The predicted molar refractivity (Wildman–Crippen MR) is 157 cm³/mol. The van der Waals surface area contributed by atoms with Crippen LogP contribution in [-0.4, -0.2) is 28.8 Å². The smallest absolute Gasteiger partial charge is 0.323 e. The number of pyridine rings is 1. The van der Waals surface area contributed by atoms with Crippen molar-refractivity contribution in [2.75, 3.05) is 17.7 Å². The van der Waals surface area contributed by atoms with Crippen molar-refractivity contribution in [3.05, 3.63) is 112 Å². The Morgan fingerprint density at radius 1 is 0.900 bits per heavy atom. The summed E-state index contributed by atoms with van der Waals surface area (Å²) in [5.41, 5.74) is 5.12. The molecule has 0 saturated heterocycles. The second-order valence-electron chi connectivity index (χ2n) is 9.80. The molecule has 8 heteroatoms. The highest BCUT2D eigenvalue weighted by molar-refractivity contribution is 6.01. The van der Waals surface area contributed by atoms with E-state index in [9.17, 15) is 14.4 Å². The van der Waals surface area contributed by atoms with Crippen LogP contribution >= 0.6 is 0 Å². The van der Waals surface area contributed by atoms with Crippen LogP contribution in [0.2, 0.25) is 0 Å². The number of nitrogens with zero attached hydrogens (tertiary/aromatic N) is 1. The molecular formula is C32H33N3O5. The average molecular weight is 540 g/mol. The Bertz CT molecular complexity index is 1560. The summed E-state index contributed by atoms with van der Waals surface area (Å²) in [6, 6.07) is 23.7. The van der Waals surface area contributed by atoms with Crippen molar-refractivity contribution in [1.29, 1.82) is 0 Å². The van der Waals surface area contributed by atoms with Gasteiger partial charge in [-0.25, -0.2) is 4.79 Å². The lowest BCUT2D eigenvalue weighted by Gasteiger charge is -2.16. The summed E-state index contributed by atoms with van der Waals surface area (Å²) >= 11 is 0. The molecular weight excluding hydrogens is 506 g/mol. The van der Waals surface area contributed by atoms with E-state index in [-0.39, 0.29) is 17.9 Å². The largest absolute Gasteiger partial charge is 0.495 e. The zero-order valence-electron chi connectivity index (χ0n) is 22.8. The molecule has 2 amide bonds. The van der Waals surface area contributed by atoms with Gasteiger partial charge in [-0.05, 0) is 64.9 Å². The summed E-state index contributed by atoms with van der Waals surface area (Å²) in [7, 11) is 1.51. The van der Waals surface area contributed by atoms with Gasteiger partial charge in [-0.15, -0.1) is 0 Å². The van der Waals surface area contributed by atoms with Crippen LogP contribution in [0.5, 0.6) is 5.75 Å². The monoisotopic (exact) mass is 539 g/mol. The van der Waals surface area contributed by atoms with E-state index in [0.29, 0.717) is 35.5 Å². The van der Waals surface area contributed by atoms with Crippen LogP contribution in [0.1, 0.15) is 42.9 Å². The molecule has 0 spiro atoms. The molecule has 0 fully saturated rings. The SMILES string of the molecule is COc1cc(-c2cccn(Cc3ccc(CCC(=O)O)cc3)c2=O)ccc1NC(=O)Nc1ccccc1C(C)C. The molecule has 3 N–H and O–H groups in total. The number of urea groups is 1. The molecule has 206 valence electrons. The summed E-state index contributed by atoms with van der Waals surface area (Å²) in [5, 5.41) is 14.6. The summed E-state index contributed by atoms with van der Waals surface area (Å²) in [6.45, 7) is 4.51. The van der Waals surface area contributed by atoms with Gasteiger partial charge < -0.3 is 25.0 Å². The molecule has 1 aromatic heterocycles. The Labute approximate surface area is 233 Å². The number of aromatic nitrogens is 1. The maximum absolute atomic E-state index is 13.3. The maximum atomic E-state index is 13.3. The van der Waals surface area contributed by atoms with Gasteiger partial charge in [0, 0.05) is 23.9 Å². The van der Waals surface area contributed by atoms with Crippen LogP contribution in [0.25, 0.3) is 11.1 Å². The minimum atomic E-state index is -0.830. The fraction of sp³-hybridized carbons (Fsp3) is 0.219. The molecule has 0 atom stereocenters. The Morgan fingerprint density at radius 3 is 2.30 bits per heavy atom. The molecule has 0 aliphatic rings. The fourth-order valence-corrected chi connectivity index (χ4v) is 4.49. The Balaban J connectivity index is 1.50. The number of ether oxygens (including phenoxy) is 1. The third kappa shape index (κ3) is 6.96. The number of amides is 2. The first-order valence-electron chi connectivity index (χ1n) is 13.1. The molecule has 3 aromatic carbocycles. The Morgan fingerprint density at radius 2 is 1.60 bits per heavy atom. The van der Waals surface area contributed by atoms with Gasteiger partial charge in [0.05, 0.1) is 19.3 Å². The number of carbonyl (C=O) groups excluding carboxylic acids is 1. The highest BCUT2D eigenvalue weighted by atomic mass is 16.5. The number of anilines is 2. The fourth-order valence-electron chi connectivity index (χ4n) is 4.49. The van der Waals surface area contributed by atoms with Crippen LogP contribution in [-0.2, 0) is 17.8 Å². The van der Waals surface area contributed by atoms with Crippen LogP contribution in [0.3, 0.4) is 0 Å².